The van der Waals surface area contributed by atoms with Gasteiger partial charge < -0.3 is 9.88 Å². The van der Waals surface area contributed by atoms with Crippen LogP contribution in [0.1, 0.15) is 56.0 Å². The van der Waals surface area contributed by atoms with Crippen LogP contribution in [0, 0.1) is 0 Å². The summed E-state index contributed by atoms with van der Waals surface area (Å²) in [5, 5.41) is 0. The van der Waals surface area contributed by atoms with Gasteiger partial charge in [-0.3, -0.25) is 4.79 Å². The standard InChI is InChI=1S/C20H25N3O/c1-13(2)23-12-17(10-19(23)24)20-21-11-18(22-20)16-8-7-14-5-3-4-6-15(14)9-16/h7-9,11,13,17H,3-6,10,12H2,1-2H3,(H,21,22)/t17-/m0/s1. The van der Waals surface area contributed by atoms with Gasteiger partial charge in [-0.1, -0.05) is 12.1 Å². The molecule has 1 atom stereocenters. The highest BCUT2D eigenvalue weighted by atomic mass is 16.2. The van der Waals surface area contributed by atoms with Gasteiger partial charge in [0.05, 0.1) is 11.9 Å². The first kappa shape index (κ1) is 15.4. The predicted octanol–water partition coefficient (Wildman–Crippen LogP) is 3.68. The summed E-state index contributed by atoms with van der Waals surface area (Å²) in [6.07, 6.45) is 7.48. The van der Waals surface area contributed by atoms with Crippen LogP contribution in [0.5, 0.6) is 0 Å². The highest BCUT2D eigenvalue weighted by molar-refractivity contribution is 5.80. The van der Waals surface area contributed by atoms with E-state index in [-0.39, 0.29) is 17.9 Å². The molecule has 0 unspecified atom stereocenters. The molecule has 0 bridgehead atoms. The molecule has 1 aromatic carbocycles. The van der Waals surface area contributed by atoms with E-state index in [9.17, 15) is 4.79 Å². The zero-order valence-electron chi connectivity index (χ0n) is 14.5. The number of imidazole rings is 1. The van der Waals surface area contributed by atoms with E-state index >= 15 is 0 Å². The van der Waals surface area contributed by atoms with Crippen LogP contribution in [0.2, 0.25) is 0 Å². The van der Waals surface area contributed by atoms with Crippen LogP contribution in [-0.4, -0.2) is 33.4 Å². The molecular weight excluding hydrogens is 298 g/mol. The number of H-pyrrole nitrogens is 1. The van der Waals surface area contributed by atoms with E-state index in [1.54, 1.807) is 0 Å². The normalized spacial score (nSPS) is 20.7. The molecule has 1 N–H and O–H groups in total. The largest absolute Gasteiger partial charge is 0.342 e. The smallest absolute Gasteiger partial charge is 0.223 e. The first-order valence-corrected chi connectivity index (χ1v) is 9.08. The second-order valence-electron chi connectivity index (χ2n) is 7.41. The lowest BCUT2D eigenvalue weighted by molar-refractivity contribution is -0.129. The SMILES string of the molecule is CC(C)N1C[C@@H](c2ncc(-c3ccc4c(c3)CCCC4)[nH]2)CC1=O. The molecule has 0 spiro atoms. The van der Waals surface area contributed by atoms with Crippen molar-refractivity contribution in [3.63, 3.8) is 0 Å². The van der Waals surface area contributed by atoms with Crippen LogP contribution in [0.15, 0.2) is 24.4 Å². The summed E-state index contributed by atoms with van der Waals surface area (Å²) in [4.78, 5) is 22.1. The van der Waals surface area contributed by atoms with E-state index in [1.165, 1.54) is 42.4 Å². The van der Waals surface area contributed by atoms with Crippen molar-refractivity contribution in [3.8, 4) is 11.3 Å². The average molecular weight is 323 g/mol. The first-order chi connectivity index (χ1) is 11.6. The molecule has 1 aliphatic heterocycles. The third kappa shape index (κ3) is 2.74. The molecule has 1 amide bonds. The summed E-state index contributed by atoms with van der Waals surface area (Å²) in [5.41, 5.74) is 5.25. The zero-order valence-corrected chi connectivity index (χ0v) is 14.5. The van der Waals surface area contributed by atoms with Crippen molar-refractivity contribution < 1.29 is 4.79 Å². The Morgan fingerprint density at radius 1 is 1.21 bits per heavy atom. The van der Waals surface area contributed by atoms with Crippen molar-refractivity contribution in [2.45, 2.75) is 57.9 Å². The minimum absolute atomic E-state index is 0.186. The topological polar surface area (TPSA) is 49.0 Å². The second-order valence-corrected chi connectivity index (χ2v) is 7.41. The van der Waals surface area contributed by atoms with Gasteiger partial charge in [0.15, 0.2) is 0 Å². The first-order valence-electron chi connectivity index (χ1n) is 9.08. The number of carbonyl (C=O) groups excluding carboxylic acids is 1. The van der Waals surface area contributed by atoms with Crippen molar-refractivity contribution in [1.29, 1.82) is 0 Å². The molecule has 1 aromatic heterocycles. The highest BCUT2D eigenvalue weighted by Crippen LogP contribution is 2.31. The third-order valence-electron chi connectivity index (χ3n) is 5.42. The number of carbonyl (C=O) groups is 1. The average Bonchev–Trinajstić information content (AvgIpc) is 3.21. The molecular formula is C20H25N3O. The molecule has 4 rings (SSSR count). The van der Waals surface area contributed by atoms with Gasteiger partial charge in [0.1, 0.15) is 5.82 Å². The number of likely N-dealkylation sites (tertiary alicyclic amines) is 1. The van der Waals surface area contributed by atoms with Crippen LogP contribution in [0.4, 0.5) is 0 Å². The quantitative estimate of drug-likeness (QED) is 0.936. The van der Waals surface area contributed by atoms with Crippen molar-refractivity contribution in [2.75, 3.05) is 6.54 Å². The van der Waals surface area contributed by atoms with Crippen molar-refractivity contribution in [3.05, 3.63) is 41.3 Å². The minimum Gasteiger partial charge on any atom is -0.342 e. The van der Waals surface area contributed by atoms with Crippen molar-refractivity contribution >= 4 is 5.91 Å². The number of aromatic nitrogens is 2. The van der Waals surface area contributed by atoms with E-state index in [0.717, 1.165) is 18.1 Å². The molecule has 4 heteroatoms. The molecule has 4 nitrogen and oxygen atoms in total. The second kappa shape index (κ2) is 6.08. The van der Waals surface area contributed by atoms with Gasteiger partial charge in [0.25, 0.3) is 0 Å². The molecule has 0 radical (unpaired) electrons. The number of benzene rings is 1. The van der Waals surface area contributed by atoms with Crippen LogP contribution in [0.3, 0.4) is 0 Å². The Bertz CT molecular complexity index is 762. The Hall–Kier alpha value is -2.10. The Morgan fingerprint density at radius 2 is 2.00 bits per heavy atom. The number of nitrogens with one attached hydrogen (secondary N) is 1. The summed E-state index contributed by atoms with van der Waals surface area (Å²) >= 11 is 0. The Labute approximate surface area is 143 Å². The number of aryl methyl sites for hydroxylation is 2. The number of amides is 1. The fraction of sp³-hybridized carbons (Fsp3) is 0.500. The van der Waals surface area contributed by atoms with Crippen LogP contribution in [-0.2, 0) is 17.6 Å². The lowest BCUT2D eigenvalue weighted by Gasteiger charge is -2.20. The van der Waals surface area contributed by atoms with Gasteiger partial charge in [-0.15, -0.1) is 0 Å². The van der Waals surface area contributed by atoms with E-state index in [2.05, 4.69) is 42.0 Å². The van der Waals surface area contributed by atoms with E-state index < -0.39 is 0 Å². The van der Waals surface area contributed by atoms with E-state index in [0.29, 0.717) is 6.42 Å². The lowest BCUT2D eigenvalue weighted by atomic mass is 9.90. The van der Waals surface area contributed by atoms with Crippen molar-refractivity contribution in [2.24, 2.45) is 0 Å². The van der Waals surface area contributed by atoms with Gasteiger partial charge in [0, 0.05) is 24.9 Å². The fourth-order valence-electron chi connectivity index (χ4n) is 4.01. The van der Waals surface area contributed by atoms with Gasteiger partial charge in [-0.2, -0.15) is 0 Å². The lowest BCUT2D eigenvalue weighted by Crippen LogP contribution is -2.31. The maximum Gasteiger partial charge on any atom is 0.223 e. The van der Waals surface area contributed by atoms with Gasteiger partial charge in [-0.25, -0.2) is 4.98 Å². The van der Waals surface area contributed by atoms with Crippen molar-refractivity contribution in [1.82, 2.24) is 14.9 Å². The Morgan fingerprint density at radius 3 is 2.75 bits per heavy atom. The van der Waals surface area contributed by atoms with E-state index in [1.807, 2.05) is 11.1 Å². The molecule has 1 fully saturated rings. The Kier molecular flexibility index (Phi) is 3.91. The predicted molar refractivity (Wildman–Crippen MR) is 94.9 cm³/mol. The molecule has 2 aromatic rings. The molecule has 0 saturated carbocycles. The monoisotopic (exact) mass is 323 g/mol. The number of aromatic amines is 1. The summed E-state index contributed by atoms with van der Waals surface area (Å²) in [7, 11) is 0. The van der Waals surface area contributed by atoms with Crippen LogP contribution >= 0.6 is 0 Å². The molecule has 2 heterocycles. The minimum atomic E-state index is 0.186. The van der Waals surface area contributed by atoms with Crippen LogP contribution in [0.25, 0.3) is 11.3 Å². The summed E-state index contributed by atoms with van der Waals surface area (Å²) in [5.74, 6) is 1.37. The Balaban J connectivity index is 1.56. The zero-order chi connectivity index (χ0) is 16.7. The fourth-order valence-corrected chi connectivity index (χ4v) is 4.01. The molecule has 2 aliphatic rings. The van der Waals surface area contributed by atoms with Gasteiger partial charge in [-0.05, 0) is 62.3 Å². The summed E-state index contributed by atoms with van der Waals surface area (Å²) < 4.78 is 0. The number of nitrogens with zero attached hydrogens (tertiary/aromatic N) is 2. The summed E-state index contributed by atoms with van der Waals surface area (Å²) in [6.45, 7) is 4.91. The maximum atomic E-state index is 12.1. The maximum absolute atomic E-state index is 12.1. The molecule has 1 saturated heterocycles. The van der Waals surface area contributed by atoms with Crippen LogP contribution < -0.4 is 0 Å². The summed E-state index contributed by atoms with van der Waals surface area (Å²) in [6, 6.07) is 7.04. The molecule has 1 aliphatic carbocycles. The number of hydrogen-bond acceptors (Lipinski definition) is 2. The molecule has 24 heavy (non-hydrogen) atoms. The number of hydrogen-bond donors (Lipinski definition) is 1. The number of fused-ring (bicyclic) bond motifs is 1. The highest BCUT2D eigenvalue weighted by Gasteiger charge is 2.33. The number of rotatable bonds is 3. The third-order valence-corrected chi connectivity index (χ3v) is 5.42. The van der Waals surface area contributed by atoms with Gasteiger partial charge in [0.2, 0.25) is 5.91 Å². The van der Waals surface area contributed by atoms with E-state index in [4.69, 9.17) is 0 Å². The molecule has 126 valence electrons. The van der Waals surface area contributed by atoms with Gasteiger partial charge >= 0.3 is 0 Å².